The summed E-state index contributed by atoms with van der Waals surface area (Å²) in [5.41, 5.74) is -0.887. The van der Waals surface area contributed by atoms with Crippen LogP contribution < -0.4 is 5.32 Å². The van der Waals surface area contributed by atoms with Crippen molar-refractivity contribution < 1.29 is 9.59 Å². The first kappa shape index (κ1) is 14.5. The van der Waals surface area contributed by atoms with E-state index in [0.29, 0.717) is 31.8 Å². The Balaban J connectivity index is 2.68. The zero-order valence-electron chi connectivity index (χ0n) is 11.3. The van der Waals surface area contributed by atoms with E-state index in [2.05, 4.69) is 11.4 Å². The van der Waals surface area contributed by atoms with Crippen LogP contribution in [0.5, 0.6) is 0 Å². The molecule has 1 fully saturated rings. The van der Waals surface area contributed by atoms with Gasteiger partial charge in [0.1, 0.15) is 5.41 Å². The average molecular weight is 251 g/mol. The summed E-state index contributed by atoms with van der Waals surface area (Å²) >= 11 is 0. The maximum Gasteiger partial charge on any atom is 0.243 e. The molecule has 1 N–H and O–H groups in total. The quantitative estimate of drug-likeness (QED) is 0.789. The molecule has 0 bridgehead atoms. The van der Waals surface area contributed by atoms with E-state index in [4.69, 9.17) is 0 Å². The van der Waals surface area contributed by atoms with Crippen molar-refractivity contribution in [3.8, 4) is 6.07 Å². The van der Waals surface area contributed by atoms with Crippen LogP contribution in [-0.4, -0.2) is 36.3 Å². The fraction of sp³-hybridized carbons (Fsp3) is 0.769. The van der Waals surface area contributed by atoms with Crippen molar-refractivity contribution in [2.24, 2.45) is 11.3 Å². The van der Waals surface area contributed by atoms with Gasteiger partial charge in [0.2, 0.25) is 11.8 Å². The predicted octanol–water partition coefficient (Wildman–Crippen LogP) is 0.911. The Labute approximate surface area is 108 Å². The Morgan fingerprint density at radius 3 is 2.44 bits per heavy atom. The molecule has 18 heavy (non-hydrogen) atoms. The molecule has 100 valence electrons. The summed E-state index contributed by atoms with van der Waals surface area (Å²) in [5, 5.41) is 11.9. The van der Waals surface area contributed by atoms with Crippen molar-refractivity contribution in [3.05, 3.63) is 0 Å². The average Bonchev–Trinajstić information content (AvgIpc) is 2.31. The zero-order valence-corrected chi connectivity index (χ0v) is 11.3. The van der Waals surface area contributed by atoms with Crippen molar-refractivity contribution in [1.82, 2.24) is 10.2 Å². The number of hydrogen-bond donors (Lipinski definition) is 1. The highest BCUT2D eigenvalue weighted by molar-refractivity contribution is 5.90. The lowest BCUT2D eigenvalue weighted by atomic mass is 9.62. The third-order valence-corrected chi connectivity index (χ3v) is 3.39. The zero-order chi connectivity index (χ0) is 13.8. The number of nitrogens with one attached hydrogen (secondary N) is 1. The van der Waals surface area contributed by atoms with Crippen LogP contribution in [-0.2, 0) is 9.59 Å². The van der Waals surface area contributed by atoms with Crippen LogP contribution >= 0.6 is 0 Å². The summed E-state index contributed by atoms with van der Waals surface area (Å²) in [5.74, 6) is 0.0433. The second-order valence-corrected chi connectivity index (χ2v) is 4.98. The maximum absolute atomic E-state index is 12.3. The Hall–Kier alpha value is -1.57. The Kier molecular flexibility index (Phi) is 4.71. The van der Waals surface area contributed by atoms with Crippen LogP contribution in [0.3, 0.4) is 0 Å². The van der Waals surface area contributed by atoms with E-state index in [-0.39, 0.29) is 18.4 Å². The van der Waals surface area contributed by atoms with Gasteiger partial charge in [-0.1, -0.05) is 6.92 Å². The van der Waals surface area contributed by atoms with Gasteiger partial charge in [0.25, 0.3) is 0 Å². The summed E-state index contributed by atoms with van der Waals surface area (Å²) in [6.07, 6.45) is 1.21. The first-order valence-electron chi connectivity index (χ1n) is 6.46. The number of rotatable bonds is 5. The molecule has 0 unspecified atom stereocenters. The summed E-state index contributed by atoms with van der Waals surface area (Å²) in [7, 11) is 0. The molecule has 0 saturated heterocycles. The van der Waals surface area contributed by atoms with E-state index in [1.54, 1.807) is 0 Å². The molecule has 5 nitrogen and oxygen atoms in total. The molecule has 2 amide bonds. The molecular weight excluding hydrogens is 230 g/mol. The van der Waals surface area contributed by atoms with Gasteiger partial charge in [-0.05, 0) is 32.6 Å². The SMILES string of the molecule is CCNC(=O)CN(CC)C(=O)C1(C#N)CC(C)C1. The fourth-order valence-corrected chi connectivity index (χ4v) is 2.50. The molecular formula is C13H21N3O2. The summed E-state index contributed by atoms with van der Waals surface area (Å²) in [6, 6.07) is 2.14. The highest BCUT2D eigenvalue weighted by Gasteiger charge is 2.50. The normalized spacial score (nSPS) is 25.8. The summed E-state index contributed by atoms with van der Waals surface area (Å²) in [4.78, 5) is 25.3. The number of amides is 2. The maximum atomic E-state index is 12.3. The largest absolute Gasteiger partial charge is 0.355 e. The van der Waals surface area contributed by atoms with E-state index in [9.17, 15) is 14.9 Å². The molecule has 5 heteroatoms. The predicted molar refractivity (Wildman–Crippen MR) is 67.4 cm³/mol. The monoisotopic (exact) mass is 251 g/mol. The van der Waals surface area contributed by atoms with Gasteiger partial charge in [-0.15, -0.1) is 0 Å². The molecule has 0 atom stereocenters. The molecule has 1 aliphatic carbocycles. The van der Waals surface area contributed by atoms with Gasteiger partial charge in [0.05, 0.1) is 12.6 Å². The summed E-state index contributed by atoms with van der Waals surface area (Å²) in [6.45, 7) is 6.73. The van der Waals surface area contributed by atoms with E-state index < -0.39 is 5.41 Å². The Morgan fingerprint density at radius 2 is 2.06 bits per heavy atom. The van der Waals surface area contributed by atoms with E-state index in [0.717, 1.165) is 0 Å². The minimum atomic E-state index is -0.887. The lowest BCUT2D eigenvalue weighted by Gasteiger charge is -2.42. The highest BCUT2D eigenvalue weighted by Crippen LogP contribution is 2.46. The van der Waals surface area contributed by atoms with Crippen molar-refractivity contribution in [1.29, 1.82) is 5.26 Å². The van der Waals surface area contributed by atoms with Crippen molar-refractivity contribution in [2.75, 3.05) is 19.6 Å². The van der Waals surface area contributed by atoms with Gasteiger partial charge in [0.15, 0.2) is 0 Å². The van der Waals surface area contributed by atoms with Gasteiger partial charge < -0.3 is 10.2 Å². The molecule has 0 heterocycles. The molecule has 0 spiro atoms. The van der Waals surface area contributed by atoms with E-state index >= 15 is 0 Å². The standard InChI is InChI=1S/C13H21N3O2/c1-4-15-11(17)8-16(5-2)12(18)13(9-14)6-10(3)7-13/h10H,4-8H2,1-3H3,(H,15,17). The molecule has 0 radical (unpaired) electrons. The molecule has 1 aliphatic rings. The first-order valence-corrected chi connectivity index (χ1v) is 6.46. The molecule has 1 rings (SSSR count). The Bertz CT molecular complexity index is 367. The second kappa shape index (κ2) is 5.85. The topological polar surface area (TPSA) is 73.2 Å². The molecule has 1 saturated carbocycles. The van der Waals surface area contributed by atoms with Crippen LogP contribution in [0, 0.1) is 22.7 Å². The van der Waals surface area contributed by atoms with Crippen molar-refractivity contribution in [3.63, 3.8) is 0 Å². The van der Waals surface area contributed by atoms with Gasteiger partial charge in [0, 0.05) is 13.1 Å². The number of likely N-dealkylation sites (N-methyl/N-ethyl adjacent to an activating group) is 2. The third kappa shape index (κ3) is 2.81. The number of carbonyl (C=O) groups is 2. The van der Waals surface area contributed by atoms with E-state index in [1.165, 1.54) is 4.90 Å². The summed E-state index contributed by atoms with van der Waals surface area (Å²) < 4.78 is 0. The molecule has 0 aromatic rings. The highest BCUT2D eigenvalue weighted by atomic mass is 16.2. The number of hydrogen-bond acceptors (Lipinski definition) is 3. The van der Waals surface area contributed by atoms with Crippen LogP contribution in [0.1, 0.15) is 33.6 Å². The number of carbonyl (C=O) groups excluding carboxylic acids is 2. The minimum absolute atomic E-state index is 0.0426. The fourth-order valence-electron chi connectivity index (χ4n) is 2.50. The number of nitrogens with zero attached hydrogens (tertiary/aromatic N) is 2. The number of nitriles is 1. The van der Waals surface area contributed by atoms with Crippen molar-refractivity contribution >= 4 is 11.8 Å². The molecule has 0 aromatic heterocycles. The van der Waals surface area contributed by atoms with Crippen LogP contribution in [0.4, 0.5) is 0 Å². The molecule has 0 aromatic carbocycles. The molecule has 0 aliphatic heterocycles. The van der Waals surface area contributed by atoms with Gasteiger partial charge in [-0.2, -0.15) is 5.26 Å². The van der Waals surface area contributed by atoms with Crippen LogP contribution in [0.15, 0.2) is 0 Å². The Morgan fingerprint density at radius 1 is 1.44 bits per heavy atom. The lowest BCUT2D eigenvalue weighted by Crippen LogP contribution is -2.52. The smallest absolute Gasteiger partial charge is 0.243 e. The first-order chi connectivity index (χ1) is 8.49. The van der Waals surface area contributed by atoms with E-state index in [1.807, 2.05) is 20.8 Å². The minimum Gasteiger partial charge on any atom is -0.355 e. The van der Waals surface area contributed by atoms with Crippen molar-refractivity contribution in [2.45, 2.75) is 33.6 Å². The van der Waals surface area contributed by atoms with Gasteiger partial charge >= 0.3 is 0 Å². The van der Waals surface area contributed by atoms with Gasteiger partial charge in [-0.3, -0.25) is 9.59 Å². The second-order valence-electron chi connectivity index (χ2n) is 4.98. The van der Waals surface area contributed by atoms with Gasteiger partial charge in [-0.25, -0.2) is 0 Å². The van der Waals surface area contributed by atoms with Crippen LogP contribution in [0.2, 0.25) is 0 Å². The van der Waals surface area contributed by atoms with Crippen LogP contribution in [0.25, 0.3) is 0 Å². The third-order valence-electron chi connectivity index (χ3n) is 3.39. The lowest BCUT2D eigenvalue weighted by molar-refractivity contribution is -0.147.